The van der Waals surface area contributed by atoms with Crippen molar-refractivity contribution in [2.75, 3.05) is 26.2 Å². The number of hydrogen-bond acceptors (Lipinski definition) is 4. The van der Waals surface area contributed by atoms with E-state index in [-0.39, 0.29) is 5.57 Å². The summed E-state index contributed by atoms with van der Waals surface area (Å²) in [4.78, 5) is 1.98. The van der Waals surface area contributed by atoms with Gasteiger partial charge in [-0.2, -0.15) is 10.5 Å². The molecule has 0 spiro atoms. The van der Waals surface area contributed by atoms with Gasteiger partial charge in [-0.3, -0.25) is 0 Å². The highest BCUT2D eigenvalue weighted by molar-refractivity contribution is 5.34. The van der Waals surface area contributed by atoms with Gasteiger partial charge in [0.05, 0.1) is 0 Å². The Kier molecular flexibility index (Phi) is 3.13. The van der Waals surface area contributed by atoms with Gasteiger partial charge in [0.25, 0.3) is 0 Å². The molecule has 1 N–H and O–H groups in total. The molecule has 4 nitrogen and oxygen atoms in total. The van der Waals surface area contributed by atoms with Crippen molar-refractivity contribution in [3.05, 3.63) is 11.8 Å². The Morgan fingerprint density at radius 1 is 1.25 bits per heavy atom. The number of nitrogens with zero attached hydrogens (tertiary/aromatic N) is 3. The van der Waals surface area contributed by atoms with Gasteiger partial charge >= 0.3 is 0 Å². The summed E-state index contributed by atoms with van der Waals surface area (Å²) in [5, 5.41) is 20.1. The first-order valence-electron chi connectivity index (χ1n) is 3.83. The molecule has 0 aromatic heterocycles. The van der Waals surface area contributed by atoms with Crippen LogP contribution in [0.5, 0.6) is 0 Å². The van der Waals surface area contributed by atoms with Gasteiger partial charge in [0.15, 0.2) is 0 Å². The molecule has 0 unspecified atom stereocenters. The van der Waals surface area contributed by atoms with Crippen molar-refractivity contribution >= 4 is 0 Å². The highest BCUT2D eigenvalue weighted by Crippen LogP contribution is 1.97. The van der Waals surface area contributed by atoms with Crippen LogP contribution in [-0.4, -0.2) is 31.1 Å². The van der Waals surface area contributed by atoms with Crippen molar-refractivity contribution in [3.63, 3.8) is 0 Å². The molecule has 0 aromatic rings. The molecule has 0 aromatic carbocycles. The minimum Gasteiger partial charge on any atom is -0.373 e. The standard InChI is InChI=1S/C8H10N4/c9-5-8(6-10)7-12-3-1-11-2-4-12/h7,11H,1-4H2. The molecule has 0 atom stereocenters. The lowest BCUT2D eigenvalue weighted by Crippen LogP contribution is -2.40. The fourth-order valence-electron chi connectivity index (χ4n) is 1.08. The predicted molar refractivity (Wildman–Crippen MR) is 43.8 cm³/mol. The van der Waals surface area contributed by atoms with Crippen LogP contribution in [0.25, 0.3) is 0 Å². The largest absolute Gasteiger partial charge is 0.373 e. The number of hydrogen-bond donors (Lipinski definition) is 1. The van der Waals surface area contributed by atoms with Crippen molar-refractivity contribution in [1.82, 2.24) is 10.2 Å². The van der Waals surface area contributed by atoms with Crippen molar-refractivity contribution in [2.45, 2.75) is 0 Å². The molecule has 1 heterocycles. The maximum Gasteiger partial charge on any atom is 0.145 e. The van der Waals surface area contributed by atoms with Crippen LogP contribution in [0.2, 0.25) is 0 Å². The van der Waals surface area contributed by atoms with E-state index in [4.69, 9.17) is 10.5 Å². The summed E-state index contributed by atoms with van der Waals surface area (Å²) in [6.07, 6.45) is 1.63. The fourth-order valence-corrected chi connectivity index (χ4v) is 1.08. The van der Waals surface area contributed by atoms with Crippen molar-refractivity contribution in [1.29, 1.82) is 10.5 Å². The fraction of sp³-hybridized carbons (Fsp3) is 0.500. The van der Waals surface area contributed by atoms with E-state index < -0.39 is 0 Å². The molecular formula is C8H10N4. The minimum absolute atomic E-state index is 0.178. The van der Waals surface area contributed by atoms with E-state index in [1.807, 2.05) is 17.0 Å². The van der Waals surface area contributed by atoms with Gasteiger partial charge in [-0.25, -0.2) is 0 Å². The predicted octanol–water partition coefficient (Wildman–Crippen LogP) is -0.177. The molecule has 62 valence electrons. The summed E-state index contributed by atoms with van der Waals surface area (Å²) in [6, 6.07) is 3.67. The maximum atomic E-state index is 8.47. The minimum atomic E-state index is 0.178. The average molecular weight is 162 g/mol. The monoisotopic (exact) mass is 162 g/mol. The van der Waals surface area contributed by atoms with E-state index in [1.165, 1.54) is 0 Å². The second kappa shape index (κ2) is 4.38. The van der Waals surface area contributed by atoms with Crippen molar-refractivity contribution in [2.24, 2.45) is 0 Å². The first kappa shape index (κ1) is 8.58. The van der Waals surface area contributed by atoms with Crippen LogP contribution in [0.1, 0.15) is 0 Å². The first-order chi connectivity index (χ1) is 5.86. The van der Waals surface area contributed by atoms with E-state index >= 15 is 0 Å². The highest BCUT2D eigenvalue weighted by atomic mass is 15.2. The topological polar surface area (TPSA) is 62.9 Å². The molecule has 12 heavy (non-hydrogen) atoms. The summed E-state index contributed by atoms with van der Waals surface area (Å²) < 4.78 is 0. The number of rotatable bonds is 1. The molecule has 1 rings (SSSR count). The third-order valence-electron chi connectivity index (χ3n) is 1.70. The van der Waals surface area contributed by atoms with Gasteiger partial charge in [0.2, 0.25) is 0 Å². The number of nitriles is 2. The van der Waals surface area contributed by atoms with E-state index in [0.29, 0.717) is 0 Å². The molecular weight excluding hydrogens is 152 g/mol. The van der Waals surface area contributed by atoms with Crippen LogP contribution in [0.4, 0.5) is 0 Å². The second-order valence-corrected chi connectivity index (χ2v) is 2.55. The Morgan fingerprint density at radius 3 is 2.33 bits per heavy atom. The third kappa shape index (κ3) is 2.26. The van der Waals surface area contributed by atoms with Gasteiger partial charge in [-0.1, -0.05) is 0 Å². The zero-order valence-corrected chi connectivity index (χ0v) is 6.75. The van der Waals surface area contributed by atoms with Crippen molar-refractivity contribution < 1.29 is 0 Å². The van der Waals surface area contributed by atoms with Crippen LogP contribution >= 0.6 is 0 Å². The SMILES string of the molecule is N#CC(C#N)=CN1CCNCC1. The molecule has 0 aliphatic carbocycles. The van der Waals surface area contributed by atoms with E-state index in [9.17, 15) is 0 Å². The molecule has 0 radical (unpaired) electrons. The Morgan fingerprint density at radius 2 is 1.83 bits per heavy atom. The number of allylic oxidation sites excluding steroid dienone is 1. The van der Waals surface area contributed by atoms with Gasteiger partial charge in [0.1, 0.15) is 17.7 Å². The second-order valence-electron chi connectivity index (χ2n) is 2.55. The lowest BCUT2D eigenvalue weighted by atomic mass is 10.3. The van der Waals surface area contributed by atoms with Gasteiger partial charge < -0.3 is 10.2 Å². The first-order valence-corrected chi connectivity index (χ1v) is 3.83. The van der Waals surface area contributed by atoms with E-state index in [0.717, 1.165) is 26.2 Å². The number of piperazine rings is 1. The smallest absolute Gasteiger partial charge is 0.145 e. The zero-order valence-electron chi connectivity index (χ0n) is 6.75. The van der Waals surface area contributed by atoms with Gasteiger partial charge in [0, 0.05) is 32.4 Å². The Bertz CT molecular complexity index is 233. The third-order valence-corrected chi connectivity index (χ3v) is 1.70. The van der Waals surface area contributed by atoms with E-state index in [2.05, 4.69) is 5.32 Å². The van der Waals surface area contributed by atoms with Crippen molar-refractivity contribution in [3.8, 4) is 12.1 Å². The molecule has 0 saturated carbocycles. The van der Waals surface area contributed by atoms with Crippen LogP contribution in [0, 0.1) is 22.7 Å². The van der Waals surface area contributed by atoms with Gasteiger partial charge in [-0.05, 0) is 0 Å². The summed E-state index contributed by atoms with van der Waals surface area (Å²) in [7, 11) is 0. The summed E-state index contributed by atoms with van der Waals surface area (Å²) in [5.41, 5.74) is 0.178. The Balaban J connectivity index is 2.54. The Labute approximate surface area is 71.7 Å². The normalized spacial score (nSPS) is 16.0. The molecule has 1 aliphatic heterocycles. The number of nitrogens with one attached hydrogen (secondary N) is 1. The van der Waals surface area contributed by atoms with Gasteiger partial charge in [-0.15, -0.1) is 0 Å². The zero-order chi connectivity index (χ0) is 8.81. The van der Waals surface area contributed by atoms with Crippen LogP contribution in [-0.2, 0) is 0 Å². The highest BCUT2D eigenvalue weighted by Gasteiger charge is 2.06. The van der Waals surface area contributed by atoms with Crippen LogP contribution in [0.15, 0.2) is 11.8 Å². The van der Waals surface area contributed by atoms with E-state index in [1.54, 1.807) is 6.20 Å². The maximum absolute atomic E-state index is 8.47. The molecule has 1 saturated heterocycles. The summed E-state index contributed by atoms with van der Waals surface area (Å²) in [5.74, 6) is 0. The summed E-state index contributed by atoms with van der Waals surface area (Å²) in [6.45, 7) is 3.57. The van der Waals surface area contributed by atoms with Crippen LogP contribution in [0.3, 0.4) is 0 Å². The molecule has 0 amide bonds. The Hall–Kier alpha value is -1.52. The average Bonchev–Trinajstić information content (AvgIpc) is 2.16. The lowest BCUT2D eigenvalue weighted by Gasteiger charge is -2.25. The molecule has 1 fully saturated rings. The molecule has 4 heteroatoms. The van der Waals surface area contributed by atoms with Crippen LogP contribution < -0.4 is 5.32 Å². The molecule has 1 aliphatic rings. The quantitative estimate of drug-likeness (QED) is 0.543. The molecule has 0 bridgehead atoms. The lowest BCUT2D eigenvalue weighted by molar-refractivity contribution is 0.323. The summed E-state index contributed by atoms with van der Waals surface area (Å²) >= 11 is 0.